The van der Waals surface area contributed by atoms with E-state index in [0.29, 0.717) is 39.4 Å². The molecule has 0 bridgehead atoms. The molecule has 2 aromatic carbocycles. The lowest BCUT2D eigenvalue weighted by molar-refractivity contribution is -0.116. The van der Waals surface area contributed by atoms with Crippen molar-refractivity contribution in [1.29, 1.82) is 5.26 Å². The second kappa shape index (κ2) is 8.51. The molecule has 0 aliphatic rings. The van der Waals surface area contributed by atoms with Gasteiger partial charge in [0.25, 0.3) is 0 Å². The van der Waals surface area contributed by atoms with Crippen LogP contribution in [-0.2, 0) is 11.3 Å². The molecule has 1 N–H and O–H groups in total. The minimum absolute atomic E-state index is 0.0766. The first-order valence-electron chi connectivity index (χ1n) is 9.18. The summed E-state index contributed by atoms with van der Waals surface area (Å²) in [7, 11) is 1.49. The minimum atomic E-state index is -0.436. The summed E-state index contributed by atoms with van der Waals surface area (Å²) >= 11 is 0. The van der Waals surface area contributed by atoms with E-state index >= 15 is 0 Å². The molecule has 0 atom stereocenters. The molecule has 0 aliphatic carbocycles. The van der Waals surface area contributed by atoms with E-state index in [2.05, 4.69) is 21.5 Å². The lowest BCUT2D eigenvalue weighted by Gasteiger charge is -2.09. The third kappa shape index (κ3) is 4.43. The van der Waals surface area contributed by atoms with Gasteiger partial charge >= 0.3 is 0 Å². The van der Waals surface area contributed by atoms with Gasteiger partial charge in [-0.25, -0.2) is 4.39 Å². The standard InChI is InChI=1S/C22H16FN5O3/c1-30-21-9-19-18(7-14(21)10-24)20(5-6-25-19)31-17-11-26-28(12-17)13-22(29)27-16-4-2-3-15(23)8-16/h2-9,11-12H,13H2,1H3,(H,27,29). The third-order valence-corrected chi connectivity index (χ3v) is 4.39. The number of nitriles is 1. The number of anilines is 1. The summed E-state index contributed by atoms with van der Waals surface area (Å²) in [6, 6.07) is 12.7. The zero-order chi connectivity index (χ0) is 21.8. The van der Waals surface area contributed by atoms with Crippen molar-refractivity contribution in [3.63, 3.8) is 0 Å². The highest BCUT2D eigenvalue weighted by Gasteiger charge is 2.12. The topological polar surface area (TPSA) is 102 Å². The molecule has 0 unspecified atom stereocenters. The van der Waals surface area contributed by atoms with Crippen LogP contribution in [0.3, 0.4) is 0 Å². The average molecular weight is 417 g/mol. The first-order chi connectivity index (χ1) is 15.1. The number of hydrogen-bond acceptors (Lipinski definition) is 6. The molecule has 2 heterocycles. The van der Waals surface area contributed by atoms with Crippen LogP contribution in [0.25, 0.3) is 10.9 Å². The van der Waals surface area contributed by atoms with E-state index in [9.17, 15) is 14.4 Å². The summed E-state index contributed by atoms with van der Waals surface area (Å²) in [5.74, 6) is 0.514. The molecule has 9 heteroatoms. The van der Waals surface area contributed by atoms with Crippen LogP contribution < -0.4 is 14.8 Å². The zero-order valence-corrected chi connectivity index (χ0v) is 16.4. The summed E-state index contributed by atoms with van der Waals surface area (Å²) in [6.07, 6.45) is 4.61. The number of carbonyl (C=O) groups excluding carboxylic acids is 1. The van der Waals surface area contributed by atoms with Crippen molar-refractivity contribution in [2.24, 2.45) is 0 Å². The van der Waals surface area contributed by atoms with Crippen LogP contribution in [0.2, 0.25) is 0 Å². The van der Waals surface area contributed by atoms with Crippen LogP contribution in [0.1, 0.15) is 5.56 Å². The first-order valence-corrected chi connectivity index (χ1v) is 9.18. The fraction of sp³-hybridized carbons (Fsp3) is 0.0909. The van der Waals surface area contributed by atoms with Gasteiger partial charge in [-0.05, 0) is 30.3 Å². The molecular weight excluding hydrogens is 401 g/mol. The third-order valence-electron chi connectivity index (χ3n) is 4.39. The number of aromatic nitrogens is 3. The number of pyridine rings is 1. The molecular formula is C22H16FN5O3. The highest BCUT2D eigenvalue weighted by Crippen LogP contribution is 2.32. The number of carbonyl (C=O) groups is 1. The van der Waals surface area contributed by atoms with Crippen LogP contribution in [0.15, 0.2) is 61.1 Å². The number of rotatable bonds is 6. The molecule has 0 spiro atoms. The molecule has 0 saturated carbocycles. The van der Waals surface area contributed by atoms with E-state index in [-0.39, 0.29) is 12.5 Å². The second-order valence-electron chi connectivity index (χ2n) is 6.52. The molecule has 2 aromatic heterocycles. The molecule has 0 fully saturated rings. The van der Waals surface area contributed by atoms with Crippen molar-refractivity contribution in [2.75, 3.05) is 12.4 Å². The smallest absolute Gasteiger partial charge is 0.246 e. The summed E-state index contributed by atoms with van der Waals surface area (Å²) < 4.78 is 25.8. The molecule has 4 aromatic rings. The van der Waals surface area contributed by atoms with Crippen molar-refractivity contribution >= 4 is 22.5 Å². The lowest BCUT2D eigenvalue weighted by Crippen LogP contribution is -2.19. The molecule has 1 amide bonds. The van der Waals surface area contributed by atoms with Gasteiger partial charge in [0, 0.05) is 23.3 Å². The van der Waals surface area contributed by atoms with Gasteiger partial charge in [0.15, 0.2) is 5.75 Å². The average Bonchev–Trinajstić information content (AvgIpc) is 3.19. The Balaban J connectivity index is 1.50. The van der Waals surface area contributed by atoms with Gasteiger partial charge in [0.05, 0.1) is 30.6 Å². The number of amides is 1. The Kier molecular flexibility index (Phi) is 5.45. The normalized spacial score (nSPS) is 10.5. The maximum atomic E-state index is 13.2. The van der Waals surface area contributed by atoms with Gasteiger partial charge < -0.3 is 14.8 Å². The number of nitrogens with one attached hydrogen (secondary N) is 1. The highest BCUT2D eigenvalue weighted by atomic mass is 19.1. The predicted octanol–water partition coefficient (Wildman–Crippen LogP) is 3.88. The number of nitrogens with zero attached hydrogens (tertiary/aromatic N) is 4. The van der Waals surface area contributed by atoms with Crippen LogP contribution >= 0.6 is 0 Å². The lowest BCUT2D eigenvalue weighted by atomic mass is 10.1. The Morgan fingerprint density at radius 3 is 2.90 bits per heavy atom. The molecule has 154 valence electrons. The largest absolute Gasteiger partial charge is 0.495 e. The van der Waals surface area contributed by atoms with Gasteiger partial charge in [-0.3, -0.25) is 14.5 Å². The maximum Gasteiger partial charge on any atom is 0.246 e. The van der Waals surface area contributed by atoms with E-state index < -0.39 is 5.82 Å². The van der Waals surface area contributed by atoms with Crippen molar-refractivity contribution in [1.82, 2.24) is 14.8 Å². The number of methoxy groups -OCH3 is 1. The monoisotopic (exact) mass is 417 g/mol. The van der Waals surface area contributed by atoms with E-state index in [1.165, 1.54) is 36.2 Å². The number of halogens is 1. The van der Waals surface area contributed by atoms with Crippen molar-refractivity contribution in [2.45, 2.75) is 6.54 Å². The Morgan fingerprint density at radius 2 is 2.13 bits per heavy atom. The fourth-order valence-corrected chi connectivity index (χ4v) is 3.02. The van der Waals surface area contributed by atoms with Gasteiger partial charge in [0.1, 0.15) is 29.9 Å². The van der Waals surface area contributed by atoms with E-state index in [1.54, 1.807) is 36.7 Å². The number of fused-ring (bicyclic) bond motifs is 1. The van der Waals surface area contributed by atoms with Crippen molar-refractivity contribution in [3.05, 3.63) is 72.4 Å². The number of ether oxygens (including phenoxy) is 2. The molecule has 0 saturated heterocycles. The molecule has 31 heavy (non-hydrogen) atoms. The van der Waals surface area contributed by atoms with Crippen LogP contribution in [-0.4, -0.2) is 27.8 Å². The van der Waals surface area contributed by atoms with Crippen LogP contribution in [0.5, 0.6) is 17.2 Å². The Morgan fingerprint density at radius 1 is 1.26 bits per heavy atom. The van der Waals surface area contributed by atoms with Crippen LogP contribution in [0.4, 0.5) is 10.1 Å². The maximum absolute atomic E-state index is 13.2. The Labute approximate surface area is 176 Å². The number of benzene rings is 2. The summed E-state index contributed by atoms with van der Waals surface area (Å²) in [5.41, 5.74) is 1.33. The van der Waals surface area contributed by atoms with Gasteiger partial charge in [0.2, 0.25) is 5.91 Å². The van der Waals surface area contributed by atoms with Crippen molar-refractivity contribution < 1.29 is 18.7 Å². The van der Waals surface area contributed by atoms with E-state index in [4.69, 9.17) is 9.47 Å². The molecule has 8 nitrogen and oxygen atoms in total. The SMILES string of the molecule is COc1cc2nccc(Oc3cnn(CC(=O)Nc4cccc(F)c4)c3)c2cc1C#N. The first kappa shape index (κ1) is 19.8. The van der Waals surface area contributed by atoms with E-state index in [1.807, 2.05) is 0 Å². The summed E-state index contributed by atoms with van der Waals surface area (Å²) in [5, 5.41) is 16.7. The predicted molar refractivity (Wildman–Crippen MR) is 110 cm³/mol. The number of hydrogen-bond donors (Lipinski definition) is 1. The quantitative estimate of drug-likeness (QED) is 0.511. The van der Waals surface area contributed by atoms with Gasteiger partial charge in [-0.1, -0.05) is 6.07 Å². The summed E-state index contributed by atoms with van der Waals surface area (Å²) in [4.78, 5) is 16.5. The molecule has 0 radical (unpaired) electrons. The Hall–Kier alpha value is -4.45. The van der Waals surface area contributed by atoms with Gasteiger partial charge in [-0.15, -0.1) is 0 Å². The zero-order valence-electron chi connectivity index (χ0n) is 16.4. The second-order valence-corrected chi connectivity index (χ2v) is 6.52. The van der Waals surface area contributed by atoms with E-state index in [0.717, 1.165) is 0 Å². The van der Waals surface area contributed by atoms with Gasteiger partial charge in [-0.2, -0.15) is 10.4 Å². The molecule has 0 aliphatic heterocycles. The minimum Gasteiger partial charge on any atom is -0.495 e. The van der Waals surface area contributed by atoms with Crippen LogP contribution in [0, 0.1) is 17.1 Å². The fourth-order valence-electron chi connectivity index (χ4n) is 3.02. The van der Waals surface area contributed by atoms with Crippen molar-refractivity contribution in [3.8, 4) is 23.3 Å². The highest BCUT2D eigenvalue weighted by molar-refractivity contribution is 5.90. The molecule has 4 rings (SSSR count). The summed E-state index contributed by atoms with van der Waals surface area (Å²) in [6.45, 7) is -0.0766. The Bertz CT molecular complexity index is 1310.